The third-order valence-corrected chi connectivity index (χ3v) is 6.65. The maximum Gasteiger partial charge on any atom is 0.277 e. The molecule has 1 N–H and O–H groups in total. The summed E-state index contributed by atoms with van der Waals surface area (Å²) in [4.78, 5) is 24.3. The van der Waals surface area contributed by atoms with E-state index < -0.39 is 0 Å². The first-order valence-corrected chi connectivity index (χ1v) is 11.8. The number of imidazole rings is 1. The monoisotopic (exact) mass is 457 g/mol. The highest BCUT2D eigenvalue weighted by Crippen LogP contribution is 2.30. The van der Waals surface area contributed by atoms with Gasteiger partial charge < -0.3 is 19.4 Å². The zero-order chi connectivity index (χ0) is 23.1. The van der Waals surface area contributed by atoms with Crippen LogP contribution < -0.4 is 5.32 Å². The zero-order valence-electron chi connectivity index (χ0n) is 19.1. The van der Waals surface area contributed by atoms with E-state index in [-0.39, 0.29) is 12.1 Å². The molecule has 0 spiro atoms. The van der Waals surface area contributed by atoms with Gasteiger partial charge in [0.05, 0.1) is 11.7 Å². The van der Waals surface area contributed by atoms with E-state index in [1.807, 2.05) is 27.4 Å². The molecule has 0 radical (unpaired) electrons. The number of aromatic nitrogens is 5. The van der Waals surface area contributed by atoms with E-state index in [1.165, 1.54) is 5.57 Å². The summed E-state index contributed by atoms with van der Waals surface area (Å²) in [5.74, 6) is 0.197. The summed E-state index contributed by atoms with van der Waals surface area (Å²) in [6.07, 6.45) is 13.3. The van der Waals surface area contributed by atoms with Crippen LogP contribution in [0.4, 0.5) is 5.82 Å². The molecule has 2 aliphatic rings. The molecular formula is C25H27N7O2. The van der Waals surface area contributed by atoms with Crippen LogP contribution in [0, 0.1) is 0 Å². The van der Waals surface area contributed by atoms with Crippen molar-refractivity contribution in [2.24, 2.45) is 0 Å². The lowest BCUT2D eigenvalue weighted by Crippen LogP contribution is -2.23. The Balaban J connectivity index is 1.28. The molecule has 6 heterocycles. The molecule has 1 amide bonds. The number of ether oxygens (including phenoxy) is 1. The third kappa shape index (κ3) is 3.86. The van der Waals surface area contributed by atoms with E-state index in [9.17, 15) is 4.79 Å². The predicted molar refractivity (Wildman–Crippen MR) is 130 cm³/mol. The molecule has 174 valence electrons. The van der Waals surface area contributed by atoms with Gasteiger partial charge in [0.1, 0.15) is 11.3 Å². The minimum atomic E-state index is -0.295. The molecule has 4 aromatic heterocycles. The van der Waals surface area contributed by atoms with Crippen molar-refractivity contribution in [3.05, 3.63) is 60.3 Å². The SMILES string of the molecule is CN1CC=C(c2ccn3cc(C(=O)Nc4nn(C5CCCCO5)c5cnccc45)nc3c2)CC1. The highest BCUT2D eigenvalue weighted by molar-refractivity contribution is 6.07. The zero-order valence-corrected chi connectivity index (χ0v) is 19.1. The normalized spacial score (nSPS) is 19.4. The van der Waals surface area contributed by atoms with Crippen LogP contribution in [0.5, 0.6) is 0 Å². The third-order valence-electron chi connectivity index (χ3n) is 6.65. The fourth-order valence-electron chi connectivity index (χ4n) is 4.71. The van der Waals surface area contributed by atoms with Gasteiger partial charge in [-0.2, -0.15) is 5.10 Å². The van der Waals surface area contributed by atoms with Gasteiger partial charge in [0, 0.05) is 43.7 Å². The molecule has 1 fully saturated rings. The van der Waals surface area contributed by atoms with E-state index in [0.29, 0.717) is 18.1 Å². The van der Waals surface area contributed by atoms with Crippen LogP contribution in [-0.4, -0.2) is 61.7 Å². The van der Waals surface area contributed by atoms with Crippen molar-refractivity contribution in [3.8, 4) is 0 Å². The lowest BCUT2D eigenvalue weighted by atomic mass is 10.0. The summed E-state index contributed by atoms with van der Waals surface area (Å²) in [6.45, 7) is 2.70. The van der Waals surface area contributed by atoms with Gasteiger partial charge >= 0.3 is 0 Å². The predicted octanol–water partition coefficient (Wildman–Crippen LogP) is 3.75. The van der Waals surface area contributed by atoms with Gasteiger partial charge in [-0.3, -0.25) is 9.78 Å². The van der Waals surface area contributed by atoms with Crippen LogP contribution >= 0.6 is 0 Å². The number of likely N-dealkylation sites (N-methyl/N-ethyl adjacent to an activating group) is 1. The van der Waals surface area contributed by atoms with Gasteiger partial charge in [-0.1, -0.05) is 6.08 Å². The van der Waals surface area contributed by atoms with E-state index in [2.05, 4.69) is 44.5 Å². The Morgan fingerprint density at radius 1 is 1.26 bits per heavy atom. The number of hydrogen-bond donors (Lipinski definition) is 1. The molecule has 1 atom stereocenters. The Labute approximate surface area is 197 Å². The fraction of sp³-hybridized carbons (Fsp3) is 0.360. The molecular weight excluding hydrogens is 430 g/mol. The summed E-state index contributed by atoms with van der Waals surface area (Å²) in [7, 11) is 2.13. The summed E-state index contributed by atoms with van der Waals surface area (Å²) < 4.78 is 9.63. The number of anilines is 1. The fourth-order valence-corrected chi connectivity index (χ4v) is 4.71. The number of carbonyl (C=O) groups excluding carboxylic acids is 1. The van der Waals surface area contributed by atoms with E-state index in [0.717, 1.165) is 60.9 Å². The smallest absolute Gasteiger partial charge is 0.277 e. The van der Waals surface area contributed by atoms with Crippen LogP contribution in [0.3, 0.4) is 0 Å². The molecule has 9 nitrogen and oxygen atoms in total. The first-order valence-electron chi connectivity index (χ1n) is 11.8. The molecule has 1 unspecified atom stereocenters. The summed E-state index contributed by atoms with van der Waals surface area (Å²) in [5, 5.41) is 8.48. The van der Waals surface area contributed by atoms with Gasteiger partial charge in [0.15, 0.2) is 12.0 Å². The molecule has 0 aliphatic carbocycles. The van der Waals surface area contributed by atoms with Gasteiger partial charge in [-0.25, -0.2) is 9.67 Å². The Morgan fingerprint density at radius 2 is 2.21 bits per heavy atom. The van der Waals surface area contributed by atoms with Crippen molar-refractivity contribution in [1.29, 1.82) is 0 Å². The second-order valence-corrected chi connectivity index (χ2v) is 9.01. The van der Waals surface area contributed by atoms with Crippen molar-refractivity contribution in [3.63, 3.8) is 0 Å². The molecule has 0 saturated carbocycles. The number of carbonyl (C=O) groups is 1. The molecule has 34 heavy (non-hydrogen) atoms. The van der Waals surface area contributed by atoms with E-state index in [1.54, 1.807) is 18.6 Å². The number of fused-ring (bicyclic) bond motifs is 2. The van der Waals surface area contributed by atoms with Crippen LogP contribution in [0.2, 0.25) is 0 Å². The van der Waals surface area contributed by atoms with Crippen molar-refractivity contribution >= 4 is 33.8 Å². The van der Waals surface area contributed by atoms with Crippen LogP contribution in [0.15, 0.2) is 49.1 Å². The number of rotatable bonds is 4. The number of amides is 1. The van der Waals surface area contributed by atoms with E-state index in [4.69, 9.17) is 4.74 Å². The minimum Gasteiger partial charge on any atom is -0.356 e. The standard InChI is InChI=1S/C25H27N7O2/c1-30-10-6-17(7-11-30)18-8-12-31-16-20(27-22(31)14-18)25(33)28-24-19-5-9-26-15-21(19)32(29-24)23-4-2-3-13-34-23/h5-6,8-9,12,14-16,23H,2-4,7,10-11,13H2,1H3,(H,28,29,33). The Kier molecular flexibility index (Phi) is 5.35. The first-order chi connectivity index (χ1) is 16.7. The molecule has 0 bridgehead atoms. The Bertz CT molecular complexity index is 1400. The van der Waals surface area contributed by atoms with Gasteiger partial charge in [-0.05, 0) is 62.1 Å². The second-order valence-electron chi connectivity index (χ2n) is 9.01. The average Bonchev–Trinajstić information content (AvgIpc) is 3.47. The van der Waals surface area contributed by atoms with E-state index >= 15 is 0 Å². The quantitative estimate of drug-likeness (QED) is 0.502. The first kappa shape index (κ1) is 21.0. The molecule has 2 aliphatic heterocycles. The molecule has 6 rings (SSSR count). The number of nitrogens with zero attached hydrogens (tertiary/aromatic N) is 6. The number of hydrogen-bond acceptors (Lipinski definition) is 6. The second kappa shape index (κ2) is 8.66. The Hall–Kier alpha value is -3.56. The molecule has 1 saturated heterocycles. The van der Waals surface area contributed by atoms with Gasteiger partial charge in [0.2, 0.25) is 0 Å². The van der Waals surface area contributed by atoms with Crippen LogP contribution in [-0.2, 0) is 4.74 Å². The summed E-state index contributed by atoms with van der Waals surface area (Å²) in [6, 6.07) is 5.99. The van der Waals surface area contributed by atoms with Gasteiger partial charge in [-0.15, -0.1) is 0 Å². The highest BCUT2D eigenvalue weighted by atomic mass is 16.5. The van der Waals surface area contributed by atoms with Crippen LogP contribution in [0.1, 0.15) is 48.0 Å². The minimum absolute atomic E-state index is 0.145. The molecule has 4 aromatic rings. The Morgan fingerprint density at radius 3 is 3.03 bits per heavy atom. The lowest BCUT2D eigenvalue weighted by molar-refractivity contribution is -0.0365. The summed E-state index contributed by atoms with van der Waals surface area (Å²) in [5.41, 5.74) is 4.42. The molecule has 9 heteroatoms. The van der Waals surface area contributed by atoms with Gasteiger partial charge in [0.25, 0.3) is 5.91 Å². The number of nitrogens with one attached hydrogen (secondary N) is 1. The lowest BCUT2D eigenvalue weighted by Gasteiger charge is -2.23. The maximum atomic E-state index is 13.1. The van der Waals surface area contributed by atoms with Crippen molar-refractivity contribution < 1.29 is 9.53 Å². The average molecular weight is 458 g/mol. The highest BCUT2D eigenvalue weighted by Gasteiger charge is 2.23. The van der Waals surface area contributed by atoms with Crippen molar-refractivity contribution in [2.75, 3.05) is 32.1 Å². The summed E-state index contributed by atoms with van der Waals surface area (Å²) >= 11 is 0. The van der Waals surface area contributed by atoms with Crippen molar-refractivity contribution in [1.82, 2.24) is 29.0 Å². The van der Waals surface area contributed by atoms with Crippen LogP contribution in [0.25, 0.3) is 22.1 Å². The molecule has 0 aromatic carbocycles. The maximum absolute atomic E-state index is 13.1. The largest absolute Gasteiger partial charge is 0.356 e. The topological polar surface area (TPSA) is 89.6 Å². The number of pyridine rings is 2. The van der Waals surface area contributed by atoms with Crippen molar-refractivity contribution in [2.45, 2.75) is 31.9 Å².